The standard InChI is InChI=1S/C30H34O18/c31-9-18-22(38)24(40)26(42)29(46-18)48-28-25(41)23(39)19(10-43-21(37)8-20(35)36)47-30(28)45-17-7-14-15(34)5-13(33)6-16(14)44-27(17)11-1-3-12(32)4-2-11/h1-7,18-19,22-34,38-42H,8-10H2,(H,35,36)/p+1. The Bertz CT molecular complexity index is 1490. The van der Waals surface area contributed by atoms with Gasteiger partial charge >= 0.3 is 11.9 Å². The zero-order chi connectivity index (χ0) is 34.9. The molecule has 0 spiro atoms. The van der Waals surface area contributed by atoms with Gasteiger partial charge in [0.1, 0.15) is 78.6 Å². The zero-order valence-corrected chi connectivity index (χ0v) is 24.8. The highest BCUT2D eigenvalue weighted by atomic mass is 16.8. The minimum Gasteiger partial charge on any atom is -0.571 e. The number of rotatable bonds is 10. The quantitative estimate of drug-likeness (QED) is 0.0722. The van der Waals surface area contributed by atoms with Crippen molar-refractivity contribution in [1.82, 2.24) is 0 Å². The van der Waals surface area contributed by atoms with Crippen LogP contribution in [-0.4, -0.2) is 142 Å². The van der Waals surface area contributed by atoms with Crippen molar-refractivity contribution in [2.75, 3.05) is 13.2 Å². The Labute approximate surface area is 270 Å². The second kappa shape index (κ2) is 14.5. The van der Waals surface area contributed by atoms with Crippen LogP contribution in [0.15, 0.2) is 42.2 Å². The maximum Gasteiger partial charge on any atom is 0.317 e. The van der Waals surface area contributed by atoms with Crippen LogP contribution in [0.3, 0.4) is 0 Å². The van der Waals surface area contributed by atoms with Crippen molar-refractivity contribution in [3.05, 3.63) is 53.3 Å². The predicted octanol–water partition coefficient (Wildman–Crippen LogP) is -2.19. The normalized spacial score (nSPS) is 33.1. The topological polar surface area (TPSA) is 295 Å². The number of aliphatic carboxylic acids is 1. The molecule has 0 aliphatic carbocycles. The molecule has 11 N–H and O–H groups in total. The first-order valence-corrected chi connectivity index (χ1v) is 14.6. The Morgan fingerprint density at radius 2 is 1.48 bits per heavy atom. The van der Waals surface area contributed by atoms with Gasteiger partial charge in [-0.3, -0.25) is 9.59 Å². The van der Waals surface area contributed by atoms with Gasteiger partial charge in [0.2, 0.25) is 6.29 Å². The van der Waals surface area contributed by atoms with Crippen molar-refractivity contribution in [2.45, 2.75) is 73.9 Å². The molecule has 2 aromatic rings. The number of aliphatic hydroxyl groups is 7. The summed E-state index contributed by atoms with van der Waals surface area (Å²) in [5, 5.41) is 102. The van der Waals surface area contributed by atoms with Gasteiger partial charge in [-0.2, -0.15) is 0 Å². The Morgan fingerprint density at radius 1 is 0.812 bits per heavy atom. The lowest BCUT2D eigenvalue weighted by Gasteiger charge is -2.46. The molecule has 5 rings (SSSR count). The third-order valence-corrected chi connectivity index (χ3v) is 7.89. The van der Waals surface area contributed by atoms with Crippen molar-refractivity contribution >= 4 is 18.0 Å². The molecule has 2 saturated heterocycles. The molecule has 0 amide bonds. The first-order chi connectivity index (χ1) is 22.8. The van der Waals surface area contributed by atoms with E-state index in [1.54, 1.807) is 0 Å². The van der Waals surface area contributed by atoms with Crippen LogP contribution in [0, 0.1) is 0 Å². The first kappa shape index (κ1) is 35.1. The molecule has 48 heavy (non-hydrogen) atoms. The van der Waals surface area contributed by atoms with Crippen molar-refractivity contribution in [3.8, 4) is 23.0 Å². The fourth-order valence-corrected chi connectivity index (χ4v) is 5.38. The molecule has 18 nitrogen and oxygen atoms in total. The number of fused-ring (bicyclic) bond motifs is 1. The molecular formula is C30H35O18+. The Balaban J connectivity index is 1.50. The van der Waals surface area contributed by atoms with Crippen LogP contribution in [0.2, 0.25) is 0 Å². The molecule has 2 aromatic carbocycles. The van der Waals surface area contributed by atoms with Gasteiger partial charge in [-0.1, -0.05) is 0 Å². The molecule has 0 bridgehead atoms. The van der Waals surface area contributed by atoms with Crippen molar-refractivity contribution in [2.24, 2.45) is 0 Å². The van der Waals surface area contributed by atoms with E-state index in [1.165, 1.54) is 36.4 Å². The lowest BCUT2D eigenvalue weighted by molar-refractivity contribution is -0.364. The molecule has 11 atom stereocenters. The second-order valence-electron chi connectivity index (χ2n) is 11.3. The van der Waals surface area contributed by atoms with Gasteiger partial charge in [0.05, 0.1) is 18.2 Å². The number of aliphatic hydroxyl groups excluding tert-OH is 6. The number of ether oxygens (including phenoxy) is 6. The number of hydrogen-bond acceptors (Lipinski definition) is 16. The highest BCUT2D eigenvalue weighted by Crippen LogP contribution is 2.45. The van der Waals surface area contributed by atoms with Gasteiger partial charge < -0.3 is 79.5 Å². The zero-order valence-electron chi connectivity index (χ0n) is 24.8. The summed E-state index contributed by atoms with van der Waals surface area (Å²) < 4.78 is 32.6. The van der Waals surface area contributed by atoms with E-state index in [4.69, 9.17) is 28.8 Å². The number of benzene rings is 2. The largest absolute Gasteiger partial charge is 0.571 e. The van der Waals surface area contributed by atoms with E-state index in [0.717, 1.165) is 6.07 Å². The summed E-state index contributed by atoms with van der Waals surface area (Å²) in [5.74, 6) is -3.35. The molecule has 0 radical (unpaired) electrons. The highest BCUT2D eigenvalue weighted by molar-refractivity contribution is 5.90. The van der Waals surface area contributed by atoms with E-state index in [1.807, 2.05) is 0 Å². The molecule has 262 valence electrons. The van der Waals surface area contributed by atoms with Crippen LogP contribution in [0.1, 0.15) is 23.7 Å². The third kappa shape index (κ3) is 7.41. The fourth-order valence-electron chi connectivity index (χ4n) is 5.38. The van der Waals surface area contributed by atoms with E-state index in [-0.39, 0.29) is 28.6 Å². The summed E-state index contributed by atoms with van der Waals surface area (Å²) in [6.07, 6.45) is -18.5. The average molecular weight is 684 g/mol. The van der Waals surface area contributed by atoms with Crippen LogP contribution in [-0.2, 0) is 33.3 Å². The summed E-state index contributed by atoms with van der Waals surface area (Å²) in [7, 11) is 0. The Morgan fingerprint density at radius 3 is 2.15 bits per heavy atom. The molecule has 18 heteroatoms. The SMILES string of the molecule is O=C(O)CC(=O)OCC1OC(OC2=Cc3c(O)cc(O)cc3[OH+]C2c2ccc(O)cc2)C(OC2OC(CO)C(O)C(O)C2O)C(O)C1O. The second-order valence-corrected chi connectivity index (χ2v) is 11.3. The number of phenols is 3. The van der Waals surface area contributed by atoms with Gasteiger partial charge in [0, 0.05) is 12.1 Å². The number of carboxylic acids is 1. The van der Waals surface area contributed by atoms with E-state index in [0.29, 0.717) is 5.56 Å². The molecule has 0 saturated carbocycles. The van der Waals surface area contributed by atoms with Gasteiger partial charge in [0.25, 0.3) is 11.9 Å². The highest BCUT2D eigenvalue weighted by Gasteiger charge is 2.52. The smallest absolute Gasteiger partial charge is 0.317 e. The van der Waals surface area contributed by atoms with Crippen molar-refractivity contribution in [3.63, 3.8) is 0 Å². The van der Waals surface area contributed by atoms with E-state index >= 15 is 0 Å². The maximum atomic E-state index is 11.9. The number of hydrogen-bond donors (Lipinski definition) is 10. The van der Waals surface area contributed by atoms with Gasteiger partial charge in [0.15, 0.2) is 18.2 Å². The maximum absolute atomic E-state index is 11.9. The monoisotopic (exact) mass is 683 g/mol. The molecule has 3 heterocycles. The van der Waals surface area contributed by atoms with Crippen LogP contribution in [0.5, 0.6) is 23.0 Å². The number of carbonyl (C=O) groups is 2. The van der Waals surface area contributed by atoms with Crippen LogP contribution >= 0.6 is 0 Å². The summed E-state index contributed by atoms with van der Waals surface area (Å²) in [4.78, 5) is 22.8. The summed E-state index contributed by atoms with van der Waals surface area (Å²) in [6.45, 7) is -1.56. The lowest BCUT2D eigenvalue weighted by Crippen LogP contribution is -2.64. The number of aromatic hydroxyl groups is 4. The molecule has 3 aliphatic heterocycles. The number of carbonyl (C=O) groups excluding carboxylic acids is 1. The number of carboxylic acid groups (broad SMARTS) is 1. The first-order valence-electron chi connectivity index (χ1n) is 14.6. The lowest BCUT2D eigenvalue weighted by atomic mass is 9.97. The number of esters is 1. The van der Waals surface area contributed by atoms with Crippen LogP contribution in [0.4, 0.5) is 0 Å². The average Bonchev–Trinajstić information content (AvgIpc) is 3.03. The fraction of sp³-hybridized carbons (Fsp3) is 0.467. The predicted molar refractivity (Wildman–Crippen MR) is 154 cm³/mol. The molecule has 11 unspecified atom stereocenters. The van der Waals surface area contributed by atoms with E-state index < -0.39 is 105 Å². The molecule has 2 fully saturated rings. The summed E-state index contributed by atoms with van der Waals surface area (Å²) in [6, 6.07) is 8.05. The van der Waals surface area contributed by atoms with Crippen molar-refractivity contribution in [1.29, 1.82) is 0 Å². The minimum absolute atomic E-state index is 0.0716. The third-order valence-electron chi connectivity index (χ3n) is 7.89. The summed E-state index contributed by atoms with van der Waals surface area (Å²) >= 11 is 0. The number of phenolic OH excluding ortho intramolecular Hbond substituents is 3. The van der Waals surface area contributed by atoms with E-state index in [2.05, 4.69) is 4.74 Å². The van der Waals surface area contributed by atoms with Crippen molar-refractivity contribution < 1.29 is 89.1 Å². The van der Waals surface area contributed by atoms with E-state index in [9.17, 15) is 55.5 Å². The molecule has 3 aliphatic rings. The van der Waals surface area contributed by atoms with Crippen LogP contribution in [0.25, 0.3) is 6.08 Å². The molecular weight excluding hydrogens is 648 g/mol. The Hall–Kier alpha value is -4.24. The van der Waals surface area contributed by atoms with Gasteiger partial charge in [-0.05, 0) is 24.3 Å². The molecule has 0 aromatic heterocycles. The van der Waals surface area contributed by atoms with Gasteiger partial charge in [-0.25, -0.2) is 0 Å². The van der Waals surface area contributed by atoms with Crippen LogP contribution < -0.4 is 0 Å². The minimum atomic E-state index is -1.97. The summed E-state index contributed by atoms with van der Waals surface area (Å²) in [5.41, 5.74) is 0.522. The van der Waals surface area contributed by atoms with Gasteiger partial charge in [-0.15, -0.1) is 0 Å². The Kier molecular flexibility index (Phi) is 10.6.